The maximum atomic E-state index is 13.6. The molecule has 1 N–H and O–H groups in total. The Morgan fingerprint density at radius 2 is 2.08 bits per heavy atom. The fourth-order valence-electron chi connectivity index (χ4n) is 3.05. The zero-order valence-electron chi connectivity index (χ0n) is 13.7. The normalized spacial score (nSPS) is 18.7. The van der Waals surface area contributed by atoms with Gasteiger partial charge in [0.25, 0.3) is 0 Å². The summed E-state index contributed by atoms with van der Waals surface area (Å²) in [6.07, 6.45) is 0. The van der Waals surface area contributed by atoms with Crippen LogP contribution in [-0.2, 0) is 10.0 Å². The Morgan fingerprint density at radius 1 is 1.28 bits per heavy atom. The average molecular weight is 359 g/mol. The summed E-state index contributed by atoms with van der Waals surface area (Å²) in [5.41, 5.74) is 1.47. The molecule has 0 aromatic heterocycles. The van der Waals surface area contributed by atoms with Crippen LogP contribution in [0.1, 0.15) is 22.7 Å². The monoisotopic (exact) mass is 359 g/mol. The lowest BCUT2D eigenvalue weighted by molar-refractivity contribution is 0.271. The van der Waals surface area contributed by atoms with Gasteiger partial charge in [0.2, 0.25) is 10.0 Å². The van der Waals surface area contributed by atoms with Gasteiger partial charge in [0.1, 0.15) is 5.82 Å². The van der Waals surface area contributed by atoms with Gasteiger partial charge in [-0.15, -0.1) is 0 Å². The van der Waals surface area contributed by atoms with E-state index in [1.54, 1.807) is 31.2 Å². The highest BCUT2D eigenvalue weighted by molar-refractivity contribution is 7.89. The van der Waals surface area contributed by atoms with Crippen LogP contribution in [0.15, 0.2) is 47.4 Å². The Hall–Kier alpha value is -2.27. The predicted molar refractivity (Wildman–Crippen MR) is 91.8 cm³/mol. The van der Waals surface area contributed by atoms with Crippen molar-refractivity contribution in [2.75, 3.05) is 19.6 Å². The molecule has 2 aromatic carbocycles. The highest BCUT2D eigenvalue weighted by Gasteiger charge is 2.35. The molecule has 0 saturated carbocycles. The molecule has 0 amide bonds. The minimum atomic E-state index is -3.82. The summed E-state index contributed by atoms with van der Waals surface area (Å²) in [4.78, 5) is 0.120. The Labute approximate surface area is 146 Å². The Bertz CT molecular complexity index is 938. The molecule has 1 fully saturated rings. The lowest BCUT2D eigenvalue weighted by Crippen LogP contribution is -2.48. The molecule has 25 heavy (non-hydrogen) atoms. The van der Waals surface area contributed by atoms with E-state index < -0.39 is 21.9 Å². The van der Waals surface area contributed by atoms with Gasteiger partial charge in [-0.3, -0.25) is 0 Å². The van der Waals surface area contributed by atoms with E-state index in [9.17, 15) is 12.8 Å². The second kappa shape index (κ2) is 6.92. The molecule has 1 aliphatic rings. The van der Waals surface area contributed by atoms with E-state index in [1.165, 1.54) is 22.5 Å². The Kier molecular flexibility index (Phi) is 4.86. The van der Waals surface area contributed by atoms with E-state index in [4.69, 9.17) is 5.26 Å². The third kappa shape index (κ3) is 3.42. The van der Waals surface area contributed by atoms with Crippen molar-refractivity contribution in [1.82, 2.24) is 9.62 Å². The van der Waals surface area contributed by atoms with Crippen LogP contribution >= 0.6 is 0 Å². The van der Waals surface area contributed by atoms with Gasteiger partial charge in [0.15, 0.2) is 0 Å². The second-order valence-electron chi connectivity index (χ2n) is 5.98. The first-order chi connectivity index (χ1) is 11.9. The molecular formula is C18H18FN3O2S. The molecule has 5 nitrogen and oxygen atoms in total. The summed E-state index contributed by atoms with van der Waals surface area (Å²) in [6, 6.07) is 12.1. The fraction of sp³-hybridized carbons (Fsp3) is 0.278. The van der Waals surface area contributed by atoms with Gasteiger partial charge in [0, 0.05) is 19.6 Å². The minimum absolute atomic E-state index is 0.120. The molecule has 1 aliphatic heterocycles. The Balaban J connectivity index is 2.07. The number of rotatable bonds is 3. The van der Waals surface area contributed by atoms with E-state index in [0.29, 0.717) is 29.8 Å². The van der Waals surface area contributed by atoms with E-state index in [0.717, 1.165) is 0 Å². The molecule has 0 radical (unpaired) electrons. The topological polar surface area (TPSA) is 73.2 Å². The number of nitrogens with one attached hydrogen (secondary N) is 1. The zero-order chi connectivity index (χ0) is 18.0. The van der Waals surface area contributed by atoms with Gasteiger partial charge in [-0.2, -0.15) is 9.57 Å². The number of hydrogen-bond donors (Lipinski definition) is 1. The first-order valence-electron chi connectivity index (χ1n) is 7.92. The van der Waals surface area contributed by atoms with Crippen LogP contribution in [0.3, 0.4) is 0 Å². The van der Waals surface area contributed by atoms with Crippen molar-refractivity contribution in [1.29, 1.82) is 5.26 Å². The lowest BCUT2D eigenvalue weighted by atomic mass is 10.1. The summed E-state index contributed by atoms with van der Waals surface area (Å²) < 4.78 is 41.5. The molecule has 1 unspecified atom stereocenters. The van der Waals surface area contributed by atoms with Crippen LogP contribution in [-0.4, -0.2) is 32.4 Å². The van der Waals surface area contributed by atoms with Crippen LogP contribution in [0.2, 0.25) is 0 Å². The number of piperazine rings is 1. The average Bonchev–Trinajstić information content (AvgIpc) is 2.62. The molecule has 1 heterocycles. The number of benzene rings is 2. The molecule has 1 saturated heterocycles. The molecule has 0 bridgehead atoms. The molecular weight excluding hydrogens is 341 g/mol. The van der Waals surface area contributed by atoms with Gasteiger partial charge in [-0.1, -0.05) is 18.2 Å². The van der Waals surface area contributed by atoms with Crippen molar-refractivity contribution in [2.24, 2.45) is 0 Å². The molecule has 0 spiro atoms. The summed E-state index contributed by atoms with van der Waals surface area (Å²) >= 11 is 0. The minimum Gasteiger partial charge on any atom is -0.313 e. The van der Waals surface area contributed by atoms with Crippen molar-refractivity contribution in [3.63, 3.8) is 0 Å². The number of sulfonamides is 1. The number of nitrogens with zero attached hydrogens (tertiary/aromatic N) is 2. The molecule has 3 rings (SSSR count). The van der Waals surface area contributed by atoms with Crippen LogP contribution in [0.5, 0.6) is 0 Å². The predicted octanol–water partition coefficient (Wildman–Crippen LogP) is 2.34. The third-order valence-electron chi connectivity index (χ3n) is 4.33. The summed E-state index contributed by atoms with van der Waals surface area (Å²) in [6.45, 7) is 2.90. The SMILES string of the molecule is Cc1ccc(C#N)cc1S(=O)(=O)N1CCNCC1c1cccc(F)c1. The van der Waals surface area contributed by atoms with Crippen molar-refractivity contribution in [3.05, 3.63) is 65.0 Å². The quantitative estimate of drug-likeness (QED) is 0.913. The van der Waals surface area contributed by atoms with Gasteiger partial charge in [-0.25, -0.2) is 12.8 Å². The van der Waals surface area contributed by atoms with Crippen molar-refractivity contribution in [3.8, 4) is 6.07 Å². The maximum absolute atomic E-state index is 13.6. The van der Waals surface area contributed by atoms with E-state index in [2.05, 4.69) is 5.32 Å². The lowest BCUT2D eigenvalue weighted by Gasteiger charge is -2.35. The number of nitriles is 1. The molecule has 130 valence electrons. The van der Waals surface area contributed by atoms with Gasteiger partial charge >= 0.3 is 0 Å². The molecule has 0 aliphatic carbocycles. The molecule has 7 heteroatoms. The number of hydrogen-bond acceptors (Lipinski definition) is 4. The molecule has 2 aromatic rings. The van der Waals surface area contributed by atoms with Crippen LogP contribution < -0.4 is 5.32 Å². The Morgan fingerprint density at radius 3 is 2.80 bits per heavy atom. The number of aryl methyl sites for hydroxylation is 1. The first-order valence-corrected chi connectivity index (χ1v) is 9.36. The van der Waals surface area contributed by atoms with E-state index in [1.807, 2.05) is 6.07 Å². The van der Waals surface area contributed by atoms with Crippen LogP contribution in [0, 0.1) is 24.1 Å². The smallest absolute Gasteiger partial charge is 0.244 e. The maximum Gasteiger partial charge on any atom is 0.244 e. The van der Waals surface area contributed by atoms with Gasteiger partial charge in [0.05, 0.1) is 22.6 Å². The number of halogens is 1. The van der Waals surface area contributed by atoms with Crippen molar-refractivity contribution < 1.29 is 12.8 Å². The van der Waals surface area contributed by atoms with Crippen LogP contribution in [0.25, 0.3) is 0 Å². The summed E-state index contributed by atoms with van der Waals surface area (Å²) in [5, 5.41) is 12.2. The zero-order valence-corrected chi connectivity index (χ0v) is 14.6. The van der Waals surface area contributed by atoms with Gasteiger partial charge in [-0.05, 0) is 42.3 Å². The first kappa shape index (κ1) is 17.5. The van der Waals surface area contributed by atoms with Crippen molar-refractivity contribution in [2.45, 2.75) is 17.9 Å². The standard InChI is InChI=1S/C18H18FN3O2S/c1-13-5-6-14(11-20)9-18(13)25(23,24)22-8-7-21-12-17(22)15-3-2-4-16(19)10-15/h2-6,9-10,17,21H,7-8,12H2,1H3. The highest BCUT2D eigenvalue weighted by Crippen LogP contribution is 2.30. The molecule has 1 atom stereocenters. The third-order valence-corrected chi connectivity index (χ3v) is 6.38. The van der Waals surface area contributed by atoms with Crippen molar-refractivity contribution >= 4 is 10.0 Å². The summed E-state index contributed by atoms with van der Waals surface area (Å²) in [7, 11) is -3.82. The van der Waals surface area contributed by atoms with Gasteiger partial charge < -0.3 is 5.32 Å². The second-order valence-corrected chi connectivity index (χ2v) is 7.84. The van der Waals surface area contributed by atoms with E-state index in [-0.39, 0.29) is 11.4 Å². The largest absolute Gasteiger partial charge is 0.313 e. The van der Waals surface area contributed by atoms with E-state index >= 15 is 0 Å². The van der Waals surface area contributed by atoms with Crippen LogP contribution in [0.4, 0.5) is 4.39 Å². The highest BCUT2D eigenvalue weighted by atomic mass is 32.2. The summed E-state index contributed by atoms with van der Waals surface area (Å²) in [5.74, 6) is -0.400. The fourth-order valence-corrected chi connectivity index (χ4v) is 4.91.